The molecule has 0 bridgehead atoms. The van der Waals surface area contributed by atoms with Crippen LogP contribution < -0.4 is 0 Å². The molecule has 3 rings (SSSR count). The average molecular weight is 403 g/mol. The van der Waals surface area contributed by atoms with Crippen molar-refractivity contribution >= 4 is 11.7 Å². The number of aromatic nitrogens is 1. The highest BCUT2D eigenvalue weighted by Gasteiger charge is 2.37. The van der Waals surface area contributed by atoms with Crippen LogP contribution in [-0.4, -0.2) is 48.0 Å². The first-order chi connectivity index (χ1) is 13.6. The second-order valence-corrected chi connectivity index (χ2v) is 10.3. The summed E-state index contributed by atoms with van der Waals surface area (Å²) in [6.07, 6.45) is 3.82. The second kappa shape index (κ2) is 8.63. The van der Waals surface area contributed by atoms with Gasteiger partial charge in [-0.3, -0.25) is 9.59 Å². The number of hydrogen-bond acceptors (Lipinski definition) is 3. The lowest BCUT2D eigenvalue weighted by Crippen LogP contribution is -2.35. The van der Waals surface area contributed by atoms with Crippen molar-refractivity contribution in [3.8, 4) is 0 Å². The summed E-state index contributed by atoms with van der Waals surface area (Å²) in [6.45, 7) is 14.1. The van der Waals surface area contributed by atoms with E-state index in [2.05, 4.69) is 39.2 Å². The number of carbonyl (C=O) groups is 2. The third kappa shape index (κ3) is 4.93. The van der Waals surface area contributed by atoms with Crippen LogP contribution in [0.15, 0.2) is 0 Å². The van der Waals surface area contributed by atoms with Crippen molar-refractivity contribution < 1.29 is 14.3 Å². The van der Waals surface area contributed by atoms with Gasteiger partial charge in [0, 0.05) is 56.7 Å². The summed E-state index contributed by atoms with van der Waals surface area (Å²) in [4.78, 5) is 28.0. The van der Waals surface area contributed by atoms with Crippen LogP contribution in [0.2, 0.25) is 0 Å². The minimum Gasteiger partial charge on any atom is -0.381 e. The summed E-state index contributed by atoms with van der Waals surface area (Å²) in [6, 6.07) is 0. The number of fused-ring (bicyclic) bond motifs is 1. The first kappa shape index (κ1) is 22.1. The number of ether oxygens (including phenoxy) is 1. The van der Waals surface area contributed by atoms with Gasteiger partial charge in [-0.2, -0.15) is 0 Å². The summed E-state index contributed by atoms with van der Waals surface area (Å²) in [7, 11) is 1.90. The third-order valence-corrected chi connectivity index (χ3v) is 6.50. The molecule has 1 aromatic heterocycles. The van der Waals surface area contributed by atoms with Crippen LogP contribution >= 0.6 is 0 Å². The van der Waals surface area contributed by atoms with Crippen molar-refractivity contribution in [2.45, 2.75) is 73.3 Å². The summed E-state index contributed by atoms with van der Waals surface area (Å²) < 4.78 is 7.75. The Kier molecular flexibility index (Phi) is 6.57. The van der Waals surface area contributed by atoms with Crippen LogP contribution in [0.5, 0.6) is 0 Å². The molecule has 1 saturated heterocycles. The van der Waals surface area contributed by atoms with Gasteiger partial charge in [-0.15, -0.1) is 0 Å². The molecule has 0 aromatic carbocycles. The van der Waals surface area contributed by atoms with Crippen molar-refractivity contribution in [2.24, 2.45) is 17.3 Å². The van der Waals surface area contributed by atoms with Crippen molar-refractivity contribution in [1.82, 2.24) is 9.47 Å². The van der Waals surface area contributed by atoms with Crippen molar-refractivity contribution in [3.63, 3.8) is 0 Å². The van der Waals surface area contributed by atoms with Gasteiger partial charge in [-0.25, -0.2) is 0 Å². The maximum absolute atomic E-state index is 13.1. The largest absolute Gasteiger partial charge is 0.381 e. The quantitative estimate of drug-likeness (QED) is 0.722. The summed E-state index contributed by atoms with van der Waals surface area (Å²) >= 11 is 0. The van der Waals surface area contributed by atoms with Gasteiger partial charge < -0.3 is 14.2 Å². The van der Waals surface area contributed by atoms with E-state index < -0.39 is 0 Å². The lowest BCUT2D eigenvalue weighted by atomic mass is 9.75. The van der Waals surface area contributed by atoms with Crippen molar-refractivity contribution in [3.05, 3.63) is 22.5 Å². The van der Waals surface area contributed by atoms with Gasteiger partial charge in [0.25, 0.3) is 0 Å². The lowest BCUT2D eigenvalue weighted by molar-refractivity contribution is -0.130. The molecule has 162 valence electrons. The zero-order chi connectivity index (χ0) is 21.3. The Morgan fingerprint density at radius 1 is 1.24 bits per heavy atom. The van der Waals surface area contributed by atoms with E-state index in [-0.39, 0.29) is 17.1 Å². The molecule has 0 saturated carbocycles. The highest BCUT2D eigenvalue weighted by molar-refractivity contribution is 6.01. The molecule has 0 N–H and O–H groups in total. The molecule has 1 aliphatic carbocycles. The normalized spacial score (nSPS) is 19.5. The Labute approximate surface area is 175 Å². The minimum atomic E-state index is -0.0231. The molecule has 29 heavy (non-hydrogen) atoms. The molecule has 1 aromatic rings. The molecule has 0 radical (unpaired) electrons. The Hall–Kier alpha value is -1.62. The monoisotopic (exact) mass is 402 g/mol. The molecule has 0 atom stereocenters. The van der Waals surface area contributed by atoms with E-state index in [0.29, 0.717) is 24.7 Å². The van der Waals surface area contributed by atoms with Gasteiger partial charge in [-0.1, -0.05) is 27.7 Å². The molecular weight excluding hydrogens is 364 g/mol. The third-order valence-electron chi connectivity index (χ3n) is 6.50. The number of ketones is 1. The van der Waals surface area contributed by atoms with E-state index in [1.54, 1.807) is 0 Å². The molecule has 5 heteroatoms. The van der Waals surface area contributed by atoms with Gasteiger partial charge in [0.05, 0.1) is 6.42 Å². The molecule has 1 aliphatic heterocycles. The smallest absolute Gasteiger partial charge is 0.226 e. The van der Waals surface area contributed by atoms with E-state index in [9.17, 15) is 9.59 Å². The lowest BCUT2D eigenvalue weighted by Gasteiger charge is -2.30. The van der Waals surface area contributed by atoms with Crippen molar-refractivity contribution in [1.29, 1.82) is 0 Å². The van der Waals surface area contributed by atoms with Crippen LogP contribution in [0.4, 0.5) is 0 Å². The SMILES string of the molecule is Cc1c(CC(=O)N(C)CC2CCOCC2)c2c(n1CC(C)C)CC(C)(C)CC2=O. The molecule has 2 aliphatic rings. The fraction of sp³-hybridized carbons (Fsp3) is 0.750. The average Bonchev–Trinajstić information content (AvgIpc) is 2.86. The Bertz CT molecular complexity index is 770. The van der Waals surface area contributed by atoms with Crippen molar-refractivity contribution in [2.75, 3.05) is 26.8 Å². The second-order valence-electron chi connectivity index (χ2n) is 10.3. The highest BCUT2D eigenvalue weighted by atomic mass is 16.5. The number of amides is 1. The minimum absolute atomic E-state index is 0.0231. The van der Waals surface area contributed by atoms with Crippen LogP contribution in [0.3, 0.4) is 0 Å². The fourth-order valence-corrected chi connectivity index (χ4v) is 4.94. The number of hydrogen-bond donors (Lipinski definition) is 0. The Morgan fingerprint density at radius 2 is 1.90 bits per heavy atom. The first-order valence-corrected chi connectivity index (χ1v) is 11.1. The zero-order valence-electron chi connectivity index (χ0n) is 19.1. The first-order valence-electron chi connectivity index (χ1n) is 11.1. The van der Waals surface area contributed by atoms with Crippen LogP contribution in [0.1, 0.15) is 74.3 Å². The van der Waals surface area contributed by atoms with Crippen LogP contribution in [-0.2, 0) is 28.9 Å². The number of likely N-dealkylation sites (N-methyl/N-ethyl adjacent to an activating group) is 1. The van der Waals surface area contributed by atoms with E-state index in [1.807, 2.05) is 11.9 Å². The topological polar surface area (TPSA) is 51.5 Å². The van der Waals surface area contributed by atoms with Gasteiger partial charge in [-0.05, 0) is 49.0 Å². The van der Waals surface area contributed by atoms with Crippen LogP contribution in [0, 0.1) is 24.2 Å². The Balaban J connectivity index is 1.86. The number of rotatable bonds is 6. The van der Waals surface area contributed by atoms with E-state index >= 15 is 0 Å². The van der Waals surface area contributed by atoms with E-state index in [4.69, 9.17) is 4.74 Å². The molecule has 2 heterocycles. The number of carbonyl (C=O) groups excluding carboxylic acids is 2. The van der Waals surface area contributed by atoms with E-state index in [1.165, 1.54) is 0 Å². The fourth-order valence-electron chi connectivity index (χ4n) is 4.94. The summed E-state index contributed by atoms with van der Waals surface area (Å²) in [5.74, 6) is 1.32. The predicted octanol–water partition coefficient (Wildman–Crippen LogP) is 4.04. The number of Topliss-reactive ketones (excluding diaryl/α,β-unsaturated/α-hetero) is 1. The van der Waals surface area contributed by atoms with Gasteiger partial charge >= 0.3 is 0 Å². The van der Waals surface area contributed by atoms with Gasteiger partial charge in [0.2, 0.25) is 5.91 Å². The molecule has 1 amide bonds. The summed E-state index contributed by atoms with van der Waals surface area (Å²) in [5, 5.41) is 0. The predicted molar refractivity (Wildman–Crippen MR) is 115 cm³/mol. The standard InChI is InChI=1S/C24H38N2O3/c1-16(2)14-26-17(3)19(23-20(26)12-24(4,5)13-21(23)27)11-22(28)25(6)15-18-7-9-29-10-8-18/h16,18H,7-15H2,1-6H3. The molecule has 5 nitrogen and oxygen atoms in total. The molecule has 0 unspecified atom stereocenters. The molecule has 1 fully saturated rings. The Morgan fingerprint density at radius 3 is 2.52 bits per heavy atom. The number of nitrogens with zero attached hydrogens (tertiary/aromatic N) is 2. The van der Waals surface area contributed by atoms with E-state index in [0.717, 1.165) is 68.1 Å². The van der Waals surface area contributed by atoms with Gasteiger partial charge in [0.1, 0.15) is 0 Å². The summed E-state index contributed by atoms with van der Waals surface area (Å²) in [5.41, 5.74) is 4.03. The van der Waals surface area contributed by atoms with Gasteiger partial charge in [0.15, 0.2) is 5.78 Å². The zero-order valence-corrected chi connectivity index (χ0v) is 19.1. The maximum atomic E-state index is 13.1. The molecular formula is C24H38N2O3. The van der Waals surface area contributed by atoms with Crippen LogP contribution in [0.25, 0.3) is 0 Å². The molecule has 0 spiro atoms. The maximum Gasteiger partial charge on any atom is 0.226 e. The highest BCUT2D eigenvalue weighted by Crippen LogP contribution is 2.39.